The quantitative estimate of drug-likeness (QED) is 0.450. The number of aromatic hydroxyl groups is 1. The van der Waals surface area contributed by atoms with E-state index in [2.05, 4.69) is 0 Å². The molecule has 0 spiro atoms. The number of carbonyl (C=O) groups excluding carboxylic acids is 1. The SMILES string of the molecule is CC1OC(Oc2cc(C=O)cc3oc(-c4ccc(O)cc4)cc(=O)c23)C(O)C(O)C1O. The van der Waals surface area contributed by atoms with Crippen molar-refractivity contribution in [2.75, 3.05) is 0 Å². The van der Waals surface area contributed by atoms with E-state index in [-0.39, 0.29) is 33.8 Å². The summed E-state index contributed by atoms with van der Waals surface area (Å²) in [7, 11) is 0. The predicted octanol–water partition coefficient (Wildman–Crippen LogP) is 1.18. The molecule has 1 aliphatic rings. The van der Waals surface area contributed by atoms with Gasteiger partial charge in [-0.1, -0.05) is 0 Å². The fraction of sp³-hybridized carbons (Fsp3) is 0.273. The monoisotopic (exact) mass is 428 g/mol. The third kappa shape index (κ3) is 3.91. The van der Waals surface area contributed by atoms with E-state index in [4.69, 9.17) is 13.9 Å². The van der Waals surface area contributed by atoms with Gasteiger partial charge in [0.1, 0.15) is 52.8 Å². The number of hydrogen-bond donors (Lipinski definition) is 4. The van der Waals surface area contributed by atoms with Crippen molar-refractivity contribution in [3.8, 4) is 22.8 Å². The molecule has 9 heteroatoms. The summed E-state index contributed by atoms with van der Waals surface area (Å²) in [5.41, 5.74) is 0.269. The molecule has 3 aromatic rings. The van der Waals surface area contributed by atoms with Gasteiger partial charge in [-0.2, -0.15) is 0 Å². The molecule has 0 saturated carbocycles. The largest absolute Gasteiger partial charge is 0.508 e. The molecule has 2 aromatic carbocycles. The lowest BCUT2D eigenvalue weighted by molar-refractivity contribution is -0.267. The molecule has 31 heavy (non-hydrogen) atoms. The molecule has 0 aliphatic carbocycles. The van der Waals surface area contributed by atoms with Crippen LogP contribution in [-0.4, -0.2) is 57.4 Å². The normalized spacial score (nSPS) is 26.0. The van der Waals surface area contributed by atoms with Crippen molar-refractivity contribution < 1.29 is 39.1 Å². The topological polar surface area (TPSA) is 147 Å². The van der Waals surface area contributed by atoms with E-state index in [0.29, 0.717) is 11.8 Å². The highest BCUT2D eigenvalue weighted by atomic mass is 16.7. The summed E-state index contributed by atoms with van der Waals surface area (Å²) in [5, 5.41) is 39.5. The predicted molar refractivity (Wildman–Crippen MR) is 108 cm³/mol. The van der Waals surface area contributed by atoms with Gasteiger partial charge >= 0.3 is 0 Å². The molecular weight excluding hydrogens is 408 g/mol. The lowest BCUT2D eigenvalue weighted by Gasteiger charge is -2.39. The van der Waals surface area contributed by atoms with Crippen molar-refractivity contribution >= 4 is 17.3 Å². The van der Waals surface area contributed by atoms with Gasteiger partial charge < -0.3 is 34.3 Å². The first-order chi connectivity index (χ1) is 14.8. The van der Waals surface area contributed by atoms with E-state index in [1.165, 1.54) is 37.3 Å². The van der Waals surface area contributed by atoms with Crippen LogP contribution in [0.3, 0.4) is 0 Å². The number of rotatable bonds is 4. The standard InChI is InChI=1S/C22H20O9/c1-10-19(26)20(27)21(28)22(29-10)31-17-7-11(9-23)6-16-18(17)14(25)8-15(30-16)12-2-4-13(24)5-3-12/h2-10,19-22,24,26-28H,1H3. The average molecular weight is 428 g/mol. The van der Waals surface area contributed by atoms with Crippen molar-refractivity contribution in [1.82, 2.24) is 0 Å². The number of fused-ring (bicyclic) bond motifs is 1. The molecule has 1 aromatic heterocycles. The molecule has 0 amide bonds. The highest BCUT2D eigenvalue weighted by Crippen LogP contribution is 2.32. The van der Waals surface area contributed by atoms with Crippen LogP contribution in [0.4, 0.5) is 0 Å². The Morgan fingerprint density at radius 2 is 1.71 bits per heavy atom. The molecule has 1 aliphatic heterocycles. The minimum absolute atomic E-state index is 0.0113. The molecule has 162 valence electrons. The summed E-state index contributed by atoms with van der Waals surface area (Å²) in [6.45, 7) is 1.49. The molecule has 4 N–H and O–H groups in total. The van der Waals surface area contributed by atoms with E-state index in [1.807, 2.05) is 0 Å². The van der Waals surface area contributed by atoms with E-state index in [1.54, 1.807) is 12.1 Å². The van der Waals surface area contributed by atoms with Gasteiger partial charge in [-0.3, -0.25) is 9.59 Å². The van der Waals surface area contributed by atoms with Crippen LogP contribution >= 0.6 is 0 Å². The maximum Gasteiger partial charge on any atom is 0.229 e. The van der Waals surface area contributed by atoms with Crippen LogP contribution in [0.1, 0.15) is 17.3 Å². The van der Waals surface area contributed by atoms with Crippen molar-refractivity contribution in [2.45, 2.75) is 37.6 Å². The minimum atomic E-state index is -1.59. The van der Waals surface area contributed by atoms with Crippen molar-refractivity contribution in [2.24, 2.45) is 0 Å². The fourth-order valence-corrected chi connectivity index (χ4v) is 3.44. The van der Waals surface area contributed by atoms with Crippen LogP contribution in [0.25, 0.3) is 22.3 Å². The second-order valence-electron chi connectivity index (χ2n) is 7.33. The van der Waals surface area contributed by atoms with Gasteiger partial charge in [0.25, 0.3) is 0 Å². The molecule has 5 unspecified atom stereocenters. The Kier molecular flexibility index (Phi) is 5.50. The van der Waals surface area contributed by atoms with Crippen LogP contribution in [0.5, 0.6) is 11.5 Å². The number of hydrogen-bond acceptors (Lipinski definition) is 9. The van der Waals surface area contributed by atoms with E-state index in [9.17, 15) is 30.0 Å². The van der Waals surface area contributed by atoms with Crippen LogP contribution < -0.4 is 10.2 Å². The summed E-state index contributed by atoms with van der Waals surface area (Å²) >= 11 is 0. The summed E-state index contributed by atoms with van der Waals surface area (Å²) in [6.07, 6.45) is -6.13. The maximum atomic E-state index is 12.9. The number of benzene rings is 2. The summed E-state index contributed by atoms with van der Waals surface area (Å²) in [4.78, 5) is 24.3. The Bertz CT molecular complexity index is 1170. The van der Waals surface area contributed by atoms with Crippen molar-refractivity contribution in [3.63, 3.8) is 0 Å². The van der Waals surface area contributed by atoms with Gasteiger partial charge in [0.2, 0.25) is 6.29 Å². The number of carbonyl (C=O) groups is 1. The summed E-state index contributed by atoms with van der Waals surface area (Å²) in [5.74, 6) is 0.191. The Balaban J connectivity index is 1.79. The van der Waals surface area contributed by atoms with Gasteiger partial charge in [0, 0.05) is 17.2 Å². The summed E-state index contributed by atoms with van der Waals surface area (Å²) < 4.78 is 16.9. The zero-order chi connectivity index (χ0) is 22.3. The third-order valence-corrected chi connectivity index (χ3v) is 5.16. The van der Waals surface area contributed by atoms with Gasteiger partial charge in [-0.15, -0.1) is 0 Å². The Morgan fingerprint density at radius 3 is 2.39 bits per heavy atom. The third-order valence-electron chi connectivity index (χ3n) is 5.16. The molecule has 1 fully saturated rings. The lowest BCUT2D eigenvalue weighted by Crippen LogP contribution is -2.58. The highest BCUT2D eigenvalue weighted by molar-refractivity contribution is 5.91. The molecule has 0 bridgehead atoms. The van der Waals surface area contributed by atoms with Crippen LogP contribution in [-0.2, 0) is 4.74 Å². The number of ether oxygens (including phenoxy) is 2. The molecule has 0 radical (unpaired) electrons. The first-order valence-corrected chi connectivity index (χ1v) is 9.51. The molecule has 4 rings (SSSR count). The van der Waals surface area contributed by atoms with Crippen molar-refractivity contribution in [3.05, 3.63) is 58.3 Å². The van der Waals surface area contributed by atoms with Gasteiger partial charge in [-0.25, -0.2) is 0 Å². The number of phenols is 1. The second-order valence-corrected chi connectivity index (χ2v) is 7.33. The van der Waals surface area contributed by atoms with Crippen molar-refractivity contribution in [1.29, 1.82) is 0 Å². The van der Waals surface area contributed by atoms with E-state index in [0.717, 1.165) is 0 Å². The zero-order valence-electron chi connectivity index (χ0n) is 16.3. The smallest absolute Gasteiger partial charge is 0.229 e. The Morgan fingerprint density at radius 1 is 1.00 bits per heavy atom. The minimum Gasteiger partial charge on any atom is -0.508 e. The number of aldehydes is 1. The first kappa shape index (κ1) is 21.0. The van der Waals surface area contributed by atoms with Crippen LogP contribution in [0.2, 0.25) is 0 Å². The molecule has 2 heterocycles. The van der Waals surface area contributed by atoms with E-state index < -0.39 is 36.1 Å². The average Bonchev–Trinajstić information content (AvgIpc) is 2.75. The second kappa shape index (κ2) is 8.12. The maximum absolute atomic E-state index is 12.9. The Hall–Kier alpha value is -3.24. The summed E-state index contributed by atoms with van der Waals surface area (Å²) in [6, 6.07) is 9.94. The fourth-order valence-electron chi connectivity index (χ4n) is 3.44. The molecule has 1 saturated heterocycles. The first-order valence-electron chi connectivity index (χ1n) is 9.51. The number of phenolic OH excluding ortho intramolecular Hbond substituents is 1. The van der Waals surface area contributed by atoms with Crippen LogP contribution in [0.15, 0.2) is 51.7 Å². The Labute approximate surface area is 175 Å². The molecule has 9 nitrogen and oxygen atoms in total. The molecular formula is C22H20O9. The number of aliphatic hydroxyl groups excluding tert-OH is 3. The lowest BCUT2D eigenvalue weighted by atomic mass is 10.00. The van der Waals surface area contributed by atoms with E-state index >= 15 is 0 Å². The van der Waals surface area contributed by atoms with Gasteiger partial charge in [0.15, 0.2) is 5.43 Å². The van der Waals surface area contributed by atoms with Crippen LogP contribution in [0, 0.1) is 0 Å². The molecule has 5 atom stereocenters. The zero-order valence-corrected chi connectivity index (χ0v) is 16.3. The van der Waals surface area contributed by atoms with Gasteiger partial charge in [0.05, 0.1) is 6.10 Å². The van der Waals surface area contributed by atoms with Gasteiger partial charge in [-0.05, 0) is 43.3 Å². The number of aliphatic hydroxyl groups is 3. The highest BCUT2D eigenvalue weighted by Gasteiger charge is 2.43.